The Labute approximate surface area is 156 Å². The van der Waals surface area contributed by atoms with E-state index < -0.39 is 5.54 Å². The Balaban J connectivity index is 1.69. The Hall–Kier alpha value is -1.88. The van der Waals surface area contributed by atoms with Gasteiger partial charge < -0.3 is 4.74 Å². The summed E-state index contributed by atoms with van der Waals surface area (Å²) in [6.45, 7) is 4.13. The summed E-state index contributed by atoms with van der Waals surface area (Å²) in [4.78, 5) is 26.4. The fourth-order valence-corrected chi connectivity index (χ4v) is 3.17. The molecule has 6 heteroatoms. The molecule has 0 spiro atoms. The number of fused-ring (bicyclic) bond motifs is 1. The fourth-order valence-electron chi connectivity index (χ4n) is 2.85. The number of hydrogen-bond donors (Lipinski definition) is 0. The highest BCUT2D eigenvalue weighted by molar-refractivity contribution is 6.42. The Morgan fingerprint density at radius 3 is 2.12 bits per heavy atom. The maximum atomic E-state index is 12.6. The van der Waals surface area contributed by atoms with Gasteiger partial charge in [-0.1, -0.05) is 41.4 Å². The Bertz CT molecular complexity index is 813. The molecule has 0 saturated heterocycles. The second-order valence-electron chi connectivity index (χ2n) is 6.54. The molecule has 0 N–H and O–H groups in total. The predicted octanol–water partition coefficient (Wildman–Crippen LogP) is 4.58. The number of hydrogen-bond acceptors (Lipinski definition) is 3. The monoisotopic (exact) mass is 377 g/mol. The maximum Gasteiger partial charge on any atom is 0.262 e. The normalized spacial score (nSPS) is 14.2. The van der Waals surface area contributed by atoms with Crippen molar-refractivity contribution < 1.29 is 14.3 Å². The highest BCUT2D eigenvalue weighted by Gasteiger charge is 2.43. The van der Waals surface area contributed by atoms with Crippen molar-refractivity contribution in [1.82, 2.24) is 4.90 Å². The van der Waals surface area contributed by atoms with E-state index in [1.807, 2.05) is 19.9 Å². The SMILES string of the molecule is CC(C)(COCc1ccc(Cl)c(Cl)c1)N1C(=O)c2ccccc2C1=O. The third kappa shape index (κ3) is 3.43. The van der Waals surface area contributed by atoms with Crippen LogP contribution in [-0.2, 0) is 11.3 Å². The van der Waals surface area contributed by atoms with Crippen molar-refractivity contribution in [2.75, 3.05) is 6.61 Å². The molecule has 1 aliphatic heterocycles. The van der Waals surface area contributed by atoms with E-state index in [4.69, 9.17) is 27.9 Å². The van der Waals surface area contributed by atoms with Crippen LogP contribution in [-0.4, -0.2) is 28.9 Å². The summed E-state index contributed by atoms with van der Waals surface area (Å²) in [6.07, 6.45) is 0. The minimum Gasteiger partial charge on any atom is -0.374 e. The van der Waals surface area contributed by atoms with Crippen molar-refractivity contribution in [2.45, 2.75) is 26.0 Å². The van der Waals surface area contributed by atoms with Gasteiger partial charge >= 0.3 is 0 Å². The molecule has 4 nitrogen and oxygen atoms in total. The number of ether oxygens (including phenoxy) is 1. The molecule has 1 heterocycles. The van der Waals surface area contributed by atoms with E-state index in [2.05, 4.69) is 0 Å². The van der Waals surface area contributed by atoms with E-state index in [9.17, 15) is 9.59 Å². The molecule has 0 atom stereocenters. The van der Waals surface area contributed by atoms with Crippen LogP contribution in [0.1, 0.15) is 40.1 Å². The summed E-state index contributed by atoms with van der Waals surface area (Å²) in [5.41, 5.74) is 0.964. The molecule has 1 aliphatic rings. The first kappa shape index (κ1) is 17.9. The molecule has 2 aromatic carbocycles. The van der Waals surface area contributed by atoms with Crippen molar-refractivity contribution in [3.8, 4) is 0 Å². The number of nitrogens with zero attached hydrogens (tertiary/aromatic N) is 1. The second kappa shape index (κ2) is 6.79. The number of benzene rings is 2. The van der Waals surface area contributed by atoms with Crippen LogP contribution in [0.2, 0.25) is 10.0 Å². The first-order valence-corrected chi connectivity index (χ1v) is 8.56. The lowest BCUT2D eigenvalue weighted by molar-refractivity contribution is 0.0118. The highest BCUT2D eigenvalue weighted by Crippen LogP contribution is 2.30. The number of carbonyl (C=O) groups is 2. The molecule has 0 bridgehead atoms. The average molecular weight is 378 g/mol. The van der Waals surface area contributed by atoms with Crippen molar-refractivity contribution in [2.24, 2.45) is 0 Å². The smallest absolute Gasteiger partial charge is 0.262 e. The van der Waals surface area contributed by atoms with Gasteiger partial charge in [0.05, 0.1) is 39.9 Å². The molecule has 0 aliphatic carbocycles. The zero-order valence-corrected chi connectivity index (χ0v) is 15.4. The Morgan fingerprint density at radius 2 is 1.56 bits per heavy atom. The minimum absolute atomic E-state index is 0.207. The van der Waals surface area contributed by atoms with Gasteiger partial charge in [-0.15, -0.1) is 0 Å². The third-order valence-corrected chi connectivity index (χ3v) is 4.85. The standard InChI is InChI=1S/C19H17Cl2NO3/c1-19(2,11-25-10-12-7-8-15(20)16(21)9-12)22-17(23)13-5-3-4-6-14(13)18(22)24/h3-9H,10-11H2,1-2H3. The molecule has 2 amide bonds. The molecule has 0 fully saturated rings. The maximum absolute atomic E-state index is 12.6. The van der Waals surface area contributed by atoms with Gasteiger partial charge in [0.15, 0.2) is 0 Å². The molecular formula is C19H17Cl2NO3. The molecule has 0 saturated carbocycles. The zero-order chi connectivity index (χ0) is 18.2. The lowest BCUT2D eigenvalue weighted by Gasteiger charge is -2.33. The van der Waals surface area contributed by atoms with Crippen LogP contribution in [0.3, 0.4) is 0 Å². The number of imide groups is 1. The number of carbonyl (C=O) groups excluding carboxylic acids is 2. The van der Waals surface area contributed by atoms with Crippen molar-refractivity contribution >= 4 is 35.0 Å². The van der Waals surface area contributed by atoms with Crippen LogP contribution in [0.5, 0.6) is 0 Å². The summed E-state index contributed by atoms with van der Waals surface area (Å²) in [5.74, 6) is -0.576. The van der Waals surface area contributed by atoms with Crippen molar-refractivity contribution in [1.29, 1.82) is 0 Å². The van der Waals surface area contributed by atoms with E-state index in [1.165, 1.54) is 4.90 Å². The predicted molar refractivity (Wildman–Crippen MR) is 97.1 cm³/mol. The number of rotatable bonds is 5. The van der Waals surface area contributed by atoms with Gasteiger partial charge in [-0.05, 0) is 43.7 Å². The molecule has 0 unspecified atom stereocenters. The van der Waals surface area contributed by atoms with E-state index in [0.29, 0.717) is 27.8 Å². The Kier molecular flexibility index (Phi) is 4.87. The molecular weight excluding hydrogens is 361 g/mol. The average Bonchev–Trinajstić information content (AvgIpc) is 2.83. The molecule has 0 aromatic heterocycles. The van der Waals surface area contributed by atoms with Gasteiger partial charge in [0.25, 0.3) is 11.8 Å². The van der Waals surface area contributed by atoms with Crippen LogP contribution in [0.25, 0.3) is 0 Å². The van der Waals surface area contributed by atoms with Crippen LogP contribution in [0.4, 0.5) is 0 Å². The van der Waals surface area contributed by atoms with Gasteiger partial charge in [0.2, 0.25) is 0 Å². The van der Waals surface area contributed by atoms with Crippen LogP contribution in [0.15, 0.2) is 42.5 Å². The van der Waals surface area contributed by atoms with Gasteiger partial charge in [-0.2, -0.15) is 0 Å². The summed E-state index contributed by atoms with van der Waals surface area (Å²) >= 11 is 11.9. The van der Waals surface area contributed by atoms with Gasteiger partial charge in [-0.25, -0.2) is 0 Å². The minimum atomic E-state index is -0.774. The summed E-state index contributed by atoms with van der Waals surface area (Å²) < 4.78 is 5.74. The summed E-state index contributed by atoms with van der Waals surface area (Å²) in [7, 11) is 0. The largest absolute Gasteiger partial charge is 0.374 e. The van der Waals surface area contributed by atoms with Gasteiger partial charge in [-0.3, -0.25) is 14.5 Å². The van der Waals surface area contributed by atoms with E-state index in [-0.39, 0.29) is 18.4 Å². The first-order chi connectivity index (χ1) is 11.8. The zero-order valence-electron chi connectivity index (χ0n) is 13.9. The van der Waals surface area contributed by atoms with E-state index in [1.54, 1.807) is 36.4 Å². The molecule has 2 aromatic rings. The fraction of sp³-hybridized carbons (Fsp3) is 0.263. The first-order valence-electron chi connectivity index (χ1n) is 7.81. The van der Waals surface area contributed by atoms with Gasteiger partial charge in [0, 0.05) is 0 Å². The molecule has 3 rings (SSSR count). The topological polar surface area (TPSA) is 46.6 Å². The molecule has 130 valence electrons. The van der Waals surface area contributed by atoms with Crippen molar-refractivity contribution in [3.63, 3.8) is 0 Å². The van der Waals surface area contributed by atoms with E-state index >= 15 is 0 Å². The van der Waals surface area contributed by atoms with Crippen LogP contribution >= 0.6 is 23.2 Å². The second-order valence-corrected chi connectivity index (χ2v) is 7.36. The summed E-state index contributed by atoms with van der Waals surface area (Å²) in [6, 6.07) is 12.1. The van der Waals surface area contributed by atoms with E-state index in [0.717, 1.165) is 5.56 Å². The van der Waals surface area contributed by atoms with Crippen LogP contribution in [0, 0.1) is 0 Å². The quantitative estimate of drug-likeness (QED) is 0.716. The highest BCUT2D eigenvalue weighted by atomic mass is 35.5. The summed E-state index contributed by atoms with van der Waals surface area (Å²) in [5, 5.41) is 0.944. The van der Waals surface area contributed by atoms with Gasteiger partial charge in [0.1, 0.15) is 0 Å². The molecule has 25 heavy (non-hydrogen) atoms. The Morgan fingerprint density at radius 1 is 0.960 bits per heavy atom. The lowest BCUT2D eigenvalue weighted by atomic mass is 10.0. The number of halogens is 2. The lowest BCUT2D eigenvalue weighted by Crippen LogP contribution is -2.50. The third-order valence-electron chi connectivity index (χ3n) is 4.11. The van der Waals surface area contributed by atoms with Crippen molar-refractivity contribution in [3.05, 3.63) is 69.2 Å². The number of amides is 2. The van der Waals surface area contributed by atoms with Crippen LogP contribution < -0.4 is 0 Å². The molecule has 0 radical (unpaired) electrons.